The van der Waals surface area contributed by atoms with Gasteiger partial charge in [0.05, 0.1) is 18.2 Å². The van der Waals surface area contributed by atoms with Gasteiger partial charge in [-0.25, -0.2) is 9.18 Å². The molecule has 1 saturated heterocycles. The fourth-order valence-corrected chi connectivity index (χ4v) is 6.69. The standard InChI is InChI=1S/C29H33FN2O4/c1-3-35-29(34)32-26-9-5-8-22-23(27-17(2)36-28(33)25(27)15-24(22)26)13-12-21-11-10-19(16-31-21)18-6-4-7-20(30)14-18/h4,6-7,10-14,16-17,22-27H,3,5,8-9,15H2,1-2H3,(H,32,34)/b13-12+/t17-,22?,23+,24+,25-,26+,27+/m1/s1. The zero-order valence-corrected chi connectivity index (χ0v) is 20.7. The highest BCUT2D eigenvalue weighted by Gasteiger charge is 2.55. The average molecular weight is 493 g/mol. The van der Waals surface area contributed by atoms with Crippen molar-refractivity contribution >= 4 is 18.1 Å². The first-order valence-electron chi connectivity index (χ1n) is 13.0. The molecule has 3 fully saturated rings. The number of hydrogen-bond acceptors (Lipinski definition) is 5. The van der Waals surface area contributed by atoms with E-state index >= 15 is 0 Å². The normalized spacial score (nSPS) is 31.4. The summed E-state index contributed by atoms with van der Waals surface area (Å²) in [6, 6.07) is 10.3. The Kier molecular flexibility index (Phi) is 7.08. The Labute approximate surface area is 211 Å². The van der Waals surface area contributed by atoms with E-state index in [9.17, 15) is 14.0 Å². The van der Waals surface area contributed by atoms with Crippen molar-refractivity contribution in [2.75, 3.05) is 6.61 Å². The number of esters is 1. The Morgan fingerprint density at radius 2 is 2.08 bits per heavy atom. The van der Waals surface area contributed by atoms with Gasteiger partial charge in [-0.3, -0.25) is 9.78 Å². The van der Waals surface area contributed by atoms with E-state index in [0.29, 0.717) is 12.5 Å². The fraction of sp³-hybridized carbons (Fsp3) is 0.483. The van der Waals surface area contributed by atoms with E-state index in [4.69, 9.17) is 9.47 Å². The molecule has 7 heteroatoms. The van der Waals surface area contributed by atoms with Crippen molar-refractivity contribution in [1.29, 1.82) is 0 Å². The number of cyclic esters (lactones) is 1. The number of benzene rings is 1. The second-order valence-electron chi connectivity index (χ2n) is 10.2. The summed E-state index contributed by atoms with van der Waals surface area (Å²) < 4.78 is 24.4. The molecule has 2 saturated carbocycles. The SMILES string of the molecule is CCOC(=O)N[C@H]1CCCC2[C@H](/C=C/c3ccc(-c4cccc(F)c4)cn3)[C@@H]3[C@@H](C)OC(=O)[C@@H]3C[C@@H]21. The molecule has 2 aromatic rings. The molecular weight excluding hydrogens is 459 g/mol. The van der Waals surface area contributed by atoms with Gasteiger partial charge in [-0.05, 0) is 80.7 Å². The molecule has 1 amide bonds. The fourth-order valence-electron chi connectivity index (χ4n) is 6.69. The summed E-state index contributed by atoms with van der Waals surface area (Å²) in [5.74, 6) is 0.233. The van der Waals surface area contributed by atoms with Gasteiger partial charge in [-0.2, -0.15) is 0 Å². The van der Waals surface area contributed by atoms with Gasteiger partial charge in [0.2, 0.25) is 0 Å². The summed E-state index contributed by atoms with van der Waals surface area (Å²) in [5, 5.41) is 3.07. The van der Waals surface area contributed by atoms with Gasteiger partial charge in [0.1, 0.15) is 11.9 Å². The molecular formula is C29H33FN2O4. The number of aromatic nitrogens is 1. The van der Waals surface area contributed by atoms with Crippen molar-refractivity contribution in [2.45, 2.75) is 51.7 Å². The number of fused-ring (bicyclic) bond motifs is 2. The van der Waals surface area contributed by atoms with Crippen LogP contribution in [0.25, 0.3) is 17.2 Å². The lowest BCUT2D eigenvalue weighted by Crippen LogP contribution is -2.52. The lowest BCUT2D eigenvalue weighted by atomic mass is 9.56. The second kappa shape index (κ2) is 10.4. The molecule has 1 unspecified atom stereocenters. The summed E-state index contributed by atoms with van der Waals surface area (Å²) in [6.07, 6.45) is 9.15. The molecule has 1 aliphatic heterocycles. The maximum absolute atomic E-state index is 13.6. The number of amides is 1. The highest BCUT2D eigenvalue weighted by Crippen LogP contribution is 2.53. The first-order valence-corrected chi connectivity index (χ1v) is 13.0. The van der Waals surface area contributed by atoms with Crippen molar-refractivity contribution in [1.82, 2.24) is 10.3 Å². The van der Waals surface area contributed by atoms with Crippen molar-refractivity contribution in [2.24, 2.45) is 29.6 Å². The smallest absolute Gasteiger partial charge is 0.407 e. The minimum atomic E-state index is -0.387. The quantitative estimate of drug-likeness (QED) is 0.548. The molecule has 1 aromatic carbocycles. The lowest BCUT2D eigenvalue weighted by Gasteiger charge is -2.49. The van der Waals surface area contributed by atoms with Gasteiger partial charge >= 0.3 is 12.1 Å². The minimum Gasteiger partial charge on any atom is -0.462 e. The third-order valence-electron chi connectivity index (χ3n) is 8.21. The first kappa shape index (κ1) is 24.5. The molecule has 2 aliphatic carbocycles. The van der Waals surface area contributed by atoms with Crippen LogP contribution in [0.4, 0.5) is 9.18 Å². The highest BCUT2D eigenvalue weighted by atomic mass is 19.1. The number of carbonyl (C=O) groups is 2. The van der Waals surface area contributed by atoms with E-state index in [1.54, 1.807) is 19.2 Å². The number of carbonyl (C=O) groups excluding carboxylic acids is 2. The maximum Gasteiger partial charge on any atom is 0.407 e. The molecule has 36 heavy (non-hydrogen) atoms. The number of nitrogens with zero attached hydrogens (tertiary/aromatic N) is 1. The third kappa shape index (κ3) is 4.88. The van der Waals surface area contributed by atoms with Crippen LogP contribution in [-0.2, 0) is 14.3 Å². The molecule has 0 spiro atoms. The number of halogens is 1. The van der Waals surface area contributed by atoms with Gasteiger partial charge in [-0.15, -0.1) is 0 Å². The second-order valence-corrected chi connectivity index (χ2v) is 10.2. The van der Waals surface area contributed by atoms with Gasteiger partial charge in [0.25, 0.3) is 0 Å². The zero-order valence-electron chi connectivity index (χ0n) is 20.7. The molecule has 3 aliphatic rings. The van der Waals surface area contributed by atoms with E-state index in [2.05, 4.69) is 16.4 Å². The Hall–Kier alpha value is -3.22. The molecule has 0 radical (unpaired) electrons. The Morgan fingerprint density at radius 1 is 1.22 bits per heavy atom. The van der Waals surface area contributed by atoms with E-state index in [0.717, 1.165) is 42.5 Å². The van der Waals surface area contributed by atoms with Crippen LogP contribution in [0.3, 0.4) is 0 Å². The Bertz CT molecular complexity index is 1130. The summed E-state index contributed by atoms with van der Waals surface area (Å²) in [7, 11) is 0. The Morgan fingerprint density at radius 3 is 2.83 bits per heavy atom. The number of pyridine rings is 1. The summed E-state index contributed by atoms with van der Waals surface area (Å²) in [6.45, 7) is 4.12. The summed E-state index contributed by atoms with van der Waals surface area (Å²) >= 11 is 0. The van der Waals surface area contributed by atoms with E-state index in [-0.39, 0.29) is 53.7 Å². The van der Waals surface area contributed by atoms with E-state index in [1.165, 1.54) is 12.1 Å². The minimum absolute atomic E-state index is 0.00738. The number of nitrogens with one attached hydrogen (secondary N) is 1. The highest BCUT2D eigenvalue weighted by molar-refractivity contribution is 5.76. The monoisotopic (exact) mass is 492 g/mol. The molecule has 6 nitrogen and oxygen atoms in total. The zero-order chi connectivity index (χ0) is 25.2. The van der Waals surface area contributed by atoms with E-state index < -0.39 is 0 Å². The molecule has 7 atom stereocenters. The number of allylic oxidation sites excluding steroid dienone is 1. The maximum atomic E-state index is 13.6. The molecule has 190 valence electrons. The molecule has 1 N–H and O–H groups in total. The van der Waals surface area contributed by atoms with Crippen molar-refractivity contribution in [3.63, 3.8) is 0 Å². The topological polar surface area (TPSA) is 77.5 Å². The molecule has 0 bridgehead atoms. The van der Waals surface area contributed by atoms with Crippen molar-refractivity contribution < 1.29 is 23.5 Å². The van der Waals surface area contributed by atoms with Crippen LogP contribution in [0.5, 0.6) is 0 Å². The third-order valence-corrected chi connectivity index (χ3v) is 8.21. The number of rotatable bonds is 5. The number of hydrogen-bond donors (Lipinski definition) is 1. The number of ether oxygens (including phenoxy) is 2. The van der Waals surface area contributed by atoms with Gasteiger partial charge < -0.3 is 14.8 Å². The average Bonchev–Trinajstić information content (AvgIpc) is 3.15. The van der Waals surface area contributed by atoms with Crippen LogP contribution in [0.15, 0.2) is 48.7 Å². The summed E-state index contributed by atoms with van der Waals surface area (Å²) in [5.41, 5.74) is 2.45. The van der Waals surface area contributed by atoms with Gasteiger partial charge in [0.15, 0.2) is 0 Å². The van der Waals surface area contributed by atoms with Crippen molar-refractivity contribution in [3.05, 3.63) is 60.2 Å². The van der Waals surface area contributed by atoms with Crippen LogP contribution < -0.4 is 5.32 Å². The predicted octanol–water partition coefficient (Wildman–Crippen LogP) is 5.63. The van der Waals surface area contributed by atoms with Crippen LogP contribution in [0.2, 0.25) is 0 Å². The van der Waals surface area contributed by atoms with Gasteiger partial charge in [-0.1, -0.05) is 30.7 Å². The van der Waals surface area contributed by atoms with Gasteiger partial charge in [0, 0.05) is 23.7 Å². The van der Waals surface area contributed by atoms with Crippen LogP contribution in [-0.4, -0.2) is 35.8 Å². The summed E-state index contributed by atoms with van der Waals surface area (Å²) in [4.78, 5) is 29.5. The van der Waals surface area contributed by atoms with Crippen LogP contribution in [0, 0.1) is 35.4 Å². The van der Waals surface area contributed by atoms with Crippen LogP contribution in [0.1, 0.15) is 45.2 Å². The first-order chi connectivity index (χ1) is 17.4. The Balaban J connectivity index is 1.39. The molecule has 1 aromatic heterocycles. The van der Waals surface area contributed by atoms with Crippen LogP contribution >= 0.6 is 0 Å². The molecule has 2 heterocycles. The van der Waals surface area contributed by atoms with Crippen molar-refractivity contribution in [3.8, 4) is 11.1 Å². The largest absolute Gasteiger partial charge is 0.462 e. The molecule has 5 rings (SSSR count). The van der Waals surface area contributed by atoms with E-state index in [1.807, 2.05) is 31.2 Å². The number of alkyl carbamates (subject to hydrolysis) is 1. The predicted molar refractivity (Wildman–Crippen MR) is 134 cm³/mol. The lowest BCUT2D eigenvalue weighted by molar-refractivity contribution is -0.144.